The van der Waals surface area contributed by atoms with Crippen LogP contribution >= 0.6 is 0 Å². The van der Waals surface area contributed by atoms with E-state index in [0.717, 1.165) is 97.4 Å². The van der Waals surface area contributed by atoms with Gasteiger partial charge in [0.1, 0.15) is 0 Å². The molecular weight excluding hydrogens is 514 g/mol. The van der Waals surface area contributed by atoms with Gasteiger partial charge in [-0.1, -0.05) is 13.3 Å². The molecule has 0 spiro atoms. The molecule has 1 fully saturated rings. The smallest absolute Gasteiger partial charge is 0.225 e. The van der Waals surface area contributed by atoms with E-state index in [1.807, 2.05) is 36.4 Å². The maximum absolute atomic E-state index is 12.7. The van der Waals surface area contributed by atoms with Gasteiger partial charge in [0.05, 0.1) is 16.7 Å². The number of nitrogens with zero attached hydrogens (tertiary/aromatic N) is 3. The van der Waals surface area contributed by atoms with Gasteiger partial charge in [0, 0.05) is 54.6 Å². The molecule has 1 aliphatic heterocycles. The van der Waals surface area contributed by atoms with Crippen LogP contribution in [0.2, 0.25) is 0 Å². The Balaban J connectivity index is 1.52. The Kier molecular flexibility index (Phi) is 11.7. The summed E-state index contributed by atoms with van der Waals surface area (Å²) in [4.78, 5) is 34.7. The van der Waals surface area contributed by atoms with Crippen molar-refractivity contribution in [1.29, 1.82) is 0 Å². The largest absolute Gasteiger partial charge is 0.384 e. The number of benzene rings is 2. The number of aromatic nitrogens is 1. The predicted molar refractivity (Wildman–Crippen MR) is 171 cm³/mol. The van der Waals surface area contributed by atoms with E-state index in [1.165, 1.54) is 12.8 Å². The van der Waals surface area contributed by atoms with Crippen LogP contribution in [-0.2, 0) is 9.59 Å². The van der Waals surface area contributed by atoms with Crippen molar-refractivity contribution < 1.29 is 9.59 Å². The number of carbonyl (C=O) groups excluding carboxylic acids is 2. The highest BCUT2D eigenvalue weighted by molar-refractivity contribution is 6.10. The van der Waals surface area contributed by atoms with Crippen LogP contribution < -0.4 is 21.3 Å². The molecule has 0 atom stereocenters. The first-order chi connectivity index (χ1) is 19.9. The number of nitrogens with one attached hydrogen (secondary N) is 4. The molecular formula is C32H47N7O2. The zero-order valence-corrected chi connectivity index (χ0v) is 25.0. The number of unbranched alkanes of at least 4 members (excludes halogenated alkanes) is 1. The van der Waals surface area contributed by atoms with E-state index in [1.54, 1.807) is 0 Å². The first-order valence-corrected chi connectivity index (χ1v) is 15.2. The molecule has 9 heteroatoms. The highest BCUT2D eigenvalue weighted by Gasteiger charge is 2.15. The van der Waals surface area contributed by atoms with Gasteiger partial charge in [-0.2, -0.15) is 0 Å². The standard InChI is InChI=1S/C32H47N7O2/c1-4-5-15-33-17-13-30(40)36-25-9-11-26-29(23-25)37-28-12-10-24(35-31(41)14-21-39-19-6-7-20-39)22-27(28)32(26)34-16-8-18-38(2)3/h9-12,22-23,33H,4-8,13-21H2,1-3H3,(H,34,37)(H,35,41)(H,36,40). The number of carbonyl (C=O) groups is 2. The maximum Gasteiger partial charge on any atom is 0.225 e. The average molecular weight is 562 g/mol. The van der Waals surface area contributed by atoms with Crippen LogP contribution in [0.25, 0.3) is 21.8 Å². The van der Waals surface area contributed by atoms with Crippen LogP contribution in [0.3, 0.4) is 0 Å². The van der Waals surface area contributed by atoms with Gasteiger partial charge in [-0.25, -0.2) is 4.98 Å². The van der Waals surface area contributed by atoms with Gasteiger partial charge in [-0.3, -0.25) is 9.59 Å². The second kappa shape index (κ2) is 15.7. The summed E-state index contributed by atoms with van der Waals surface area (Å²) in [6.07, 6.45) is 6.62. The fourth-order valence-corrected chi connectivity index (χ4v) is 5.24. The molecule has 0 saturated carbocycles. The fraction of sp³-hybridized carbons (Fsp3) is 0.531. The van der Waals surface area contributed by atoms with E-state index < -0.39 is 0 Å². The number of pyridine rings is 1. The summed E-state index contributed by atoms with van der Waals surface area (Å²) in [6.45, 7) is 8.53. The Morgan fingerprint density at radius 2 is 1.59 bits per heavy atom. The number of hydrogen-bond donors (Lipinski definition) is 4. The normalized spacial score (nSPS) is 13.8. The lowest BCUT2D eigenvalue weighted by atomic mass is 10.1. The molecule has 1 aromatic heterocycles. The molecule has 222 valence electrons. The third-order valence-electron chi connectivity index (χ3n) is 7.51. The number of amides is 2. The van der Waals surface area contributed by atoms with Crippen molar-refractivity contribution in [3.63, 3.8) is 0 Å². The summed E-state index contributed by atoms with van der Waals surface area (Å²) in [7, 11) is 4.15. The summed E-state index contributed by atoms with van der Waals surface area (Å²) in [5.74, 6) is 0.0210. The van der Waals surface area contributed by atoms with E-state index in [2.05, 4.69) is 52.1 Å². The van der Waals surface area contributed by atoms with Crippen molar-refractivity contribution in [3.8, 4) is 0 Å². The Hall–Kier alpha value is -3.27. The molecule has 0 aliphatic carbocycles. The lowest BCUT2D eigenvalue weighted by Gasteiger charge is -2.17. The minimum absolute atomic E-state index is 0.0127. The molecule has 3 aromatic rings. The highest BCUT2D eigenvalue weighted by Crippen LogP contribution is 2.34. The van der Waals surface area contributed by atoms with Crippen molar-refractivity contribution in [2.75, 3.05) is 75.9 Å². The Labute approximate surface area is 244 Å². The van der Waals surface area contributed by atoms with Crippen molar-refractivity contribution in [1.82, 2.24) is 20.1 Å². The van der Waals surface area contributed by atoms with Gasteiger partial charge in [-0.15, -0.1) is 0 Å². The SMILES string of the molecule is CCCCNCCC(=O)Nc1ccc2c(NCCCN(C)C)c3cc(NC(=O)CCN4CCCC4)ccc3nc2c1. The monoisotopic (exact) mass is 561 g/mol. The van der Waals surface area contributed by atoms with Gasteiger partial charge in [0.15, 0.2) is 0 Å². The molecule has 2 heterocycles. The van der Waals surface area contributed by atoms with Crippen LogP contribution in [0.1, 0.15) is 51.9 Å². The quantitative estimate of drug-likeness (QED) is 0.146. The van der Waals surface area contributed by atoms with Gasteiger partial charge >= 0.3 is 0 Å². The number of likely N-dealkylation sites (tertiary alicyclic amines) is 1. The summed E-state index contributed by atoms with van der Waals surface area (Å²) < 4.78 is 0. The molecule has 41 heavy (non-hydrogen) atoms. The molecule has 0 unspecified atom stereocenters. The van der Waals surface area contributed by atoms with Gasteiger partial charge in [-0.05, 0) is 102 Å². The molecule has 2 aromatic carbocycles. The van der Waals surface area contributed by atoms with E-state index in [4.69, 9.17) is 4.98 Å². The van der Waals surface area contributed by atoms with Crippen LogP contribution in [-0.4, -0.2) is 86.5 Å². The lowest BCUT2D eigenvalue weighted by molar-refractivity contribution is -0.117. The predicted octanol–water partition coefficient (Wildman–Crippen LogP) is 4.89. The minimum atomic E-state index is -0.0127. The second-order valence-electron chi connectivity index (χ2n) is 11.3. The van der Waals surface area contributed by atoms with Crippen LogP contribution in [0.4, 0.5) is 17.1 Å². The Morgan fingerprint density at radius 1 is 0.854 bits per heavy atom. The van der Waals surface area contributed by atoms with Gasteiger partial charge in [0.25, 0.3) is 0 Å². The highest BCUT2D eigenvalue weighted by atomic mass is 16.2. The summed E-state index contributed by atoms with van der Waals surface area (Å²) in [6, 6.07) is 11.8. The van der Waals surface area contributed by atoms with Crippen LogP contribution in [0, 0.1) is 0 Å². The van der Waals surface area contributed by atoms with E-state index in [9.17, 15) is 9.59 Å². The zero-order chi connectivity index (χ0) is 29.0. The zero-order valence-electron chi connectivity index (χ0n) is 25.0. The Bertz CT molecular complexity index is 1300. The van der Waals surface area contributed by atoms with Crippen molar-refractivity contribution >= 4 is 50.7 Å². The molecule has 4 N–H and O–H groups in total. The molecule has 1 aliphatic rings. The fourth-order valence-electron chi connectivity index (χ4n) is 5.24. The lowest BCUT2D eigenvalue weighted by Crippen LogP contribution is -2.25. The van der Waals surface area contributed by atoms with Crippen LogP contribution in [0.15, 0.2) is 36.4 Å². The van der Waals surface area contributed by atoms with Crippen molar-refractivity contribution in [2.45, 2.75) is 51.9 Å². The Morgan fingerprint density at radius 3 is 2.34 bits per heavy atom. The van der Waals surface area contributed by atoms with E-state index in [0.29, 0.717) is 19.4 Å². The molecule has 4 rings (SSSR count). The first kappa shape index (κ1) is 30.7. The average Bonchev–Trinajstić information content (AvgIpc) is 3.47. The summed E-state index contributed by atoms with van der Waals surface area (Å²) in [5, 5.41) is 15.0. The number of rotatable bonds is 16. The first-order valence-electron chi connectivity index (χ1n) is 15.2. The summed E-state index contributed by atoms with van der Waals surface area (Å²) >= 11 is 0. The van der Waals surface area contributed by atoms with E-state index >= 15 is 0 Å². The molecule has 0 bridgehead atoms. The molecule has 1 saturated heterocycles. The van der Waals surface area contributed by atoms with Gasteiger partial charge in [0.2, 0.25) is 11.8 Å². The molecule has 9 nitrogen and oxygen atoms in total. The molecule has 2 amide bonds. The molecule has 0 radical (unpaired) electrons. The number of hydrogen-bond acceptors (Lipinski definition) is 7. The maximum atomic E-state index is 12.7. The van der Waals surface area contributed by atoms with Crippen molar-refractivity contribution in [2.24, 2.45) is 0 Å². The second-order valence-corrected chi connectivity index (χ2v) is 11.3. The minimum Gasteiger partial charge on any atom is -0.384 e. The number of fused-ring (bicyclic) bond motifs is 2. The number of anilines is 3. The van der Waals surface area contributed by atoms with Crippen molar-refractivity contribution in [3.05, 3.63) is 36.4 Å². The topological polar surface area (TPSA) is 102 Å². The summed E-state index contributed by atoms with van der Waals surface area (Å²) in [5.41, 5.74) is 4.16. The van der Waals surface area contributed by atoms with E-state index in [-0.39, 0.29) is 11.8 Å². The van der Waals surface area contributed by atoms with Gasteiger partial charge < -0.3 is 31.1 Å². The third-order valence-corrected chi connectivity index (χ3v) is 7.51. The third kappa shape index (κ3) is 9.38. The van der Waals surface area contributed by atoms with Crippen LogP contribution in [0.5, 0.6) is 0 Å².